The number of ether oxygens (including phenoxy) is 2. The quantitative estimate of drug-likeness (QED) is 0.659. The van der Waals surface area contributed by atoms with Gasteiger partial charge < -0.3 is 14.8 Å². The van der Waals surface area contributed by atoms with Crippen LogP contribution in [0.15, 0.2) is 42.5 Å². The van der Waals surface area contributed by atoms with Crippen molar-refractivity contribution in [1.82, 2.24) is 10.2 Å². The number of nitrogens with zero attached hydrogens (tertiary/aromatic N) is 1. The van der Waals surface area contributed by atoms with Crippen molar-refractivity contribution in [3.8, 4) is 11.5 Å². The fourth-order valence-corrected chi connectivity index (χ4v) is 3.11. The number of hydrogen-bond donors (Lipinski definition) is 1. The molecule has 2 aromatic rings. The van der Waals surface area contributed by atoms with Crippen LogP contribution in [0.1, 0.15) is 22.8 Å². The summed E-state index contributed by atoms with van der Waals surface area (Å²) >= 11 is 0. The number of hydrogen-bond acceptors (Lipinski definition) is 5. The van der Waals surface area contributed by atoms with Gasteiger partial charge in [0.15, 0.2) is 17.3 Å². The van der Waals surface area contributed by atoms with Crippen molar-refractivity contribution in [2.75, 3.05) is 13.3 Å². The Hall–Kier alpha value is -3.42. The summed E-state index contributed by atoms with van der Waals surface area (Å²) < 4.78 is 23.6. The number of Topliss-reactive ketones (excluding diaryl/α,β-unsaturated/α-hetero) is 1. The molecule has 2 aromatic carbocycles. The molecule has 1 saturated heterocycles. The second kappa shape index (κ2) is 6.08. The molecule has 0 bridgehead atoms. The molecule has 2 aliphatic rings. The van der Waals surface area contributed by atoms with Gasteiger partial charge in [-0.2, -0.15) is 0 Å². The molecule has 0 unspecified atom stereocenters. The van der Waals surface area contributed by atoms with Crippen LogP contribution in [0.2, 0.25) is 0 Å². The van der Waals surface area contributed by atoms with Gasteiger partial charge in [-0.3, -0.25) is 14.5 Å². The summed E-state index contributed by atoms with van der Waals surface area (Å²) in [7, 11) is 0. The Morgan fingerprint density at radius 1 is 1.15 bits per heavy atom. The number of urea groups is 1. The minimum absolute atomic E-state index is 0.0914. The number of carbonyl (C=O) groups is 3. The zero-order valence-electron chi connectivity index (χ0n) is 14.3. The first-order valence-electron chi connectivity index (χ1n) is 8.21. The molecular formula is C19H15FN2O5. The van der Waals surface area contributed by atoms with E-state index in [9.17, 15) is 18.8 Å². The largest absolute Gasteiger partial charge is 0.454 e. The standard InChI is InChI=1S/C19H15FN2O5/c1-19(12-4-7-15-16(8-12)27-10-26-15)17(24)22(18(25)21-19)9-14(23)11-2-5-13(20)6-3-11/h2-8H,9-10H2,1H3,(H,21,25)/t19-/m0/s1. The van der Waals surface area contributed by atoms with Crippen LogP contribution < -0.4 is 14.8 Å². The molecule has 7 nitrogen and oxygen atoms in total. The lowest BCUT2D eigenvalue weighted by Crippen LogP contribution is -2.41. The van der Waals surface area contributed by atoms with Crippen molar-refractivity contribution in [3.63, 3.8) is 0 Å². The summed E-state index contributed by atoms with van der Waals surface area (Å²) in [5.74, 6) is -0.453. The third-order valence-electron chi connectivity index (χ3n) is 4.69. The Balaban J connectivity index is 1.58. The van der Waals surface area contributed by atoms with E-state index in [0.717, 1.165) is 17.0 Å². The Morgan fingerprint density at radius 2 is 1.85 bits per heavy atom. The predicted molar refractivity (Wildman–Crippen MR) is 90.9 cm³/mol. The fourth-order valence-electron chi connectivity index (χ4n) is 3.11. The fraction of sp³-hybridized carbons (Fsp3) is 0.211. The minimum Gasteiger partial charge on any atom is -0.454 e. The maximum Gasteiger partial charge on any atom is 0.325 e. The van der Waals surface area contributed by atoms with E-state index in [1.165, 1.54) is 12.1 Å². The van der Waals surface area contributed by atoms with Gasteiger partial charge in [-0.25, -0.2) is 9.18 Å². The molecule has 1 atom stereocenters. The normalized spacial score (nSPS) is 20.7. The summed E-state index contributed by atoms with van der Waals surface area (Å²) in [5.41, 5.74) is -0.600. The highest BCUT2D eigenvalue weighted by Gasteiger charge is 2.49. The van der Waals surface area contributed by atoms with Crippen molar-refractivity contribution >= 4 is 17.7 Å². The third kappa shape index (κ3) is 2.79. The molecule has 0 aromatic heterocycles. The molecule has 3 amide bonds. The molecular weight excluding hydrogens is 355 g/mol. The zero-order chi connectivity index (χ0) is 19.2. The molecule has 2 aliphatic heterocycles. The average Bonchev–Trinajstić information content (AvgIpc) is 3.20. The van der Waals surface area contributed by atoms with Gasteiger partial charge in [-0.15, -0.1) is 0 Å². The number of nitrogens with one attached hydrogen (secondary N) is 1. The summed E-state index contributed by atoms with van der Waals surface area (Å²) in [6, 6.07) is 9.21. The highest BCUT2D eigenvalue weighted by atomic mass is 19.1. The van der Waals surface area contributed by atoms with Crippen molar-refractivity contribution < 1.29 is 28.2 Å². The van der Waals surface area contributed by atoms with Crippen LogP contribution in [0.25, 0.3) is 0 Å². The van der Waals surface area contributed by atoms with Gasteiger partial charge in [0, 0.05) is 5.56 Å². The van der Waals surface area contributed by atoms with E-state index >= 15 is 0 Å². The van der Waals surface area contributed by atoms with Gasteiger partial charge in [0.05, 0.1) is 6.54 Å². The lowest BCUT2D eigenvalue weighted by molar-refractivity contribution is -0.130. The number of imide groups is 1. The van der Waals surface area contributed by atoms with Crippen LogP contribution in [0.3, 0.4) is 0 Å². The monoisotopic (exact) mass is 370 g/mol. The molecule has 0 aliphatic carbocycles. The Kier molecular flexibility index (Phi) is 3.83. The molecule has 0 saturated carbocycles. The highest BCUT2D eigenvalue weighted by molar-refractivity contribution is 6.11. The number of rotatable bonds is 4. The number of benzene rings is 2. The van der Waals surface area contributed by atoms with Crippen LogP contribution in [-0.2, 0) is 10.3 Å². The van der Waals surface area contributed by atoms with E-state index < -0.39 is 35.6 Å². The first-order valence-corrected chi connectivity index (χ1v) is 8.21. The van der Waals surface area contributed by atoms with Crippen LogP contribution >= 0.6 is 0 Å². The number of carbonyl (C=O) groups excluding carboxylic acids is 3. The van der Waals surface area contributed by atoms with E-state index in [1.54, 1.807) is 25.1 Å². The lowest BCUT2D eigenvalue weighted by Gasteiger charge is -2.22. The maximum atomic E-state index is 13.0. The SMILES string of the molecule is C[C@@]1(c2ccc3c(c2)OCO3)NC(=O)N(CC(=O)c2ccc(F)cc2)C1=O. The molecule has 27 heavy (non-hydrogen) atoms. The summed E-state index contributed by atoms with van der Waals surface area (Å²) in [5, 5.41) is 2.63. The Morgan fingerprint density at radius 3 is 2.59 bits per heavy atom. The second-order valence-electron chi connectivity index (χ2n) is 6.44. The molecule has 0 spiro atoms. The average molecular weight is 370 g/mol. The first kappa shape index (κ1) is 17.0. The highest BCUT2D eigenvalue weighted by Crippen LogP contribution is 2.37. The van der Waals surface area contributed by atoms with Crippen LogP contribution in [0, 0.1) is 5.82 Å². The molecule has 1 N–H and O–H groups in total. The van der Waals surface area contributed by atoms with Crippen LogP contribution in [0.4, 0.5) is 9.18 Å². The third-order valence-corrected chi connectivity index (χ3v) is 4.69. The van der Waals surface area contributed by atoms with Crippen molar-refractivity contribution in [2.45, 2.75) is 12.5 Å². The van der Waals surface area contributed by atoms with E-state index in [0.29, 0.717) is 17.1 Å². The smallest absolute Gasteiger partial charge is 0.325 e. The van der Waals surface area contributed by atoms with Gasteiger partial charge >= 0.3 is 6.03 Å². The predicted octanol–water partition coefficient (Wildman–Crippen LogP) is 2.20. The molecule has 8 heteroatoms. The number of fused-ring (bicyclic) bond motifs is 1. The molecule has 1 fully saturated rings. The van der Waals surface area contributed by atoms with Crippen LogP contribution in [-0.4, -0.2) is 36.0 Å². The van der Waals surface area contributed by atoms with Gasteiger partial charge in [0.1, 0.15) is 11.4 Å². The van der Waals surface area contributed by atoms with Gasteiger partial charge in [0.25, 0.3) is 5.91 Å². The Labute approximate surface area is 153 Å². The van der Waals surface area contributed by atoms with Gasteiger partial charge in [-0.05, 0) is 48.9 Å². The van der Waals surface area contributed by atoms with E-state index in [1.807, 2.05) is 0 Å². The van der Waals surface area contributed by atoms with Crippen molar-refractivity contribution in [1.29, 1.82) is 0 Å². The number of ketones is 1. The van der Waals surface area contributed by atoms with Gasteiger partial charge in [0.2, 0.25) is 6.79 Å². The maximum absolute atomic E-state index is 13.0. The number of amides is 3. The van der Waals surface area contributed by atoms with Crippen molar-refractivity contribution in [2.24, 2.45) is 0 Å². The van der Waals surface area contributed by atoms with E-state index in [-0.39, 0.29) is 12.4 Å². The summed E-state index contributed by atoms with van der Waals surface area (Å²) in [6.07, 6.45) is 0. The minimum atomic E-state index is -1.33. The van der Waals surface area contributed by atoms with E-state index in [2.05, 4.69) is 5.32 Å². The van der Waals surface area contributed by atoms with Crippen molar-refractivity contribution in [3.05, 3.63) is 59.4 Å². The molecule has 0 radical (unpaired) electrons. The summed E-state index contributed by atoms with van der Waals surface area (Å²) in [6.45, 7) is 1.22. The van der Waals surface area contributed by atoms with Crippen LogP contribution in [0.5, 0.6) is 11.5 Å². The Bertz CT molecular complexity index is 959. The molecule has 138 valence electrons. The van der Waals surface area contributed by atoms with E-state index in [4.69, 9.17) is 9.47 Å². The molecule has 4 rings (SSSR count). The second-order valence-corrected chi connectivity index (χ2v) is 6.44. The summed E-state index contributed by atoms with van der Waals surface area (Å²) in [4.78, 5) is 38.5. The topological polar surface area (TPSA) is 84.9 Å². The van der Waals surface area contributed by atoms with Gasteiger partial charge in [-0.1, -0.05) is 6.07 Å². The number of halogens is 1. The molecule has 2 heterocycles. The lowest BCUT2D eigenvalue weighted by atomic mass is 9.91. The zero-order valence-corrected chi connectivity index (χ0v) is 14.3. The first-order chi connectivity index (χ1) is 12.9.